The number of aromatic nitrogens is 3. The third-order valence-corrected chi connectivity index (χ3v) is 2.68. The number of fused-ring (bicyclic) bond motifs is 1. The smallest absolute Gasteiger partial charge is 0.218 e. The van der Waals surface area contributed by atoms with Crippen molar-refractivity contribution in [2.45, 2.75) is 33.7 Å². The van der Waals surface area contributed by atoms with Gasteiger partial charge in [-0.25, -0.2) is 4.98 Å². The molecule has 0 spiro atoms. The highest BCUT2D eigenvalue weighted by Gasteiger charge is 2.18. The molecule has 86 valence electrons. The standard InChI is InChI=1S/C11H15N3O2/c1-5(2)14-9-8(7(4)13-14)12-11(16)6(3)10(9)15/h5H,1-4H3,(H2,12,15,16). The average Bonchev–Trinajstić information content (AvgIpc) is 2.53. The van der Waals surface area contributed by atoms with Crippen LogP contribution in [0, 0.1) is 13.8 Å². The highest BCUT2D eigenvalue weighted by atomic mass is 16.3. The SMILES string of the molecule is Cc1c(O)nc2c(C)nn(C(C)C)c2c1O. The normalized spacial score (nSPS) is 11.6. The minimum atomic E-state index is -0.142. The molecule has 5 heteroatoms. The third-order valence-electron chi connectivity index (χ3n) is 2.68. The molecule has 16 heavy (non-hydrogen) atoms. The molecule has 2 rings (SSSR count). The molecule has 0 aliphatic rings. The van der Waals surface area contributed by atoms with E-state index < -0.39 is 0 Å². The van der Waals surface area contributed by atoms with Crippen molar-refractivity contribution in [1.29, 1.82) is 0 Å². The lowest BCUT2D eigenvalue weighted by Crippen LogP contribution is -2.03. The zero-order valence-corrected chi connectivity index (χ0v) is 9.81. The number of hydrogen-bond acceptors (Lipinski definition) is 4. The summed E-state index contributed by atoms with van der Waals surface area (Å²) in [5, 5.41) is 23.9. The summed E-state index contributed by atoms with van der Waals surface area (Å²) in [6.45, 7) is 7.40. The quantitative estimate of drug-likeness (QED) is 0.773. The van der Waals surface area contributed by atoms with Crippen molar-refractivity contribution in [3.8, 4) is 11.6 Å². The fourth-order valence-corrected chi connectivity index (χ4v) is 1.74. The van der Waals surface area contributed by atoms with Crippen molar-refractivity contribution in [2.75, 3.05) is 0 Å². The van der Waals surface area contributed by atoms with E-state index in [-0.39, 0.29) is 17.7 Å². The first-order chi connectivity index (χ1) is 7.43. The lowest BCUT2D eigenvalue weighted by molar-refractivity contribution is 0.429. The lowest BCUT2D eigenvalue weighted by atomic mass is 10.2. The largest absolute Gasteiger partial charge is 0.505 e. The Labute approximate surface area is 93.4 Å². The van der Waals surface area contributed by atoms with Crippen LogP contribution in [-0.4, -0.2) is 25.0 Å². The molecule has 5 nitrogen and oxygen atoms in total. The molecular weight excluding hydrogens is 206 g/mol. The van der Waals surface area contributed by atoms with Crippen LogP contribution in [0.3, 0.4) is 0 Å². The molecule has 0 radical (unpaired) electrons. The van der Waals surface area contributed by atoms with Gasteiger partial charge in [0.15, 0.2) is 5.75 Å². The van der Waals surface area contributed by atoms with Crippen molar-refractivity contribution in [3.63, 3.8) is 0 Å². The number of aryl methyl sites for hydroxylation is 1. The van der Waals surface area contributed by atoms with Crippen molar-refractivity contribution in [3.05, 3.63) is 11.3 Å². The Bertz CT molecular complexity index is 558. The molecular formula is C11H15N3O2. The summed E-state index contributed by atoms with van der Waals surface area (Å²) in [5.74, 6) is -0.0896. The fourth-order valence-electron chi connectivity index (χ4n) is 1.74. The summed E-state index contributed by atoms with van der Waals surface area (Å²) < 4.78 is 1.72. The van der Waals surface area contributed by atoms with Crippen LogP contribution in [0.1, 0.15) is 31.1 Å². The number of pyridine rings is 1. The Hall–Kier alpha value is -1.78. The molecule has 0 aliphatic carbocycles. The Balaban J connectivity index is 2.93. The molecule has 2 aromatic rings. The Morgan fingerprint density at radius 3 is 2.38 bits per heavy atom. The van der Waals surface area contributed by atoms with E-state index >= 15 is 0 Å². The van der Waals surface area contributed by atoms with Crippen LogP contribution in [0.5, 0.6) is 11.6 Å². The van der Waals surface area contributed by atoms with Gasteiger partial charge in [0.1, 0.15) is 11.0 Å². The minimum absolute atomic E-state index is 0.0526. The molecule has 2 heterocycles. The average molecular weight is 221 g/mol. The summed E-state index contributed by atoms with van der Waals surface area (Å²) in [5.41, 5.74) is 2.22. The third kappa shape index (κ3) is 1.31. The van der Waals surface area contributed by atoms with E-state index in [1.165, 1.54) is 0 Å². The van der Waals surface area contributed by atoms with Crippen LogP contribution in [0.4, 0.5) is 0 Å². The first kappa shape index (κ1) is 10.7. The van der Waals surface area contributed by atoms with Gasteiger partial charge in [-0.05, 0) is 27.7 Å². The molecule has 0 bridgehead atoms. The van der Waals surface area contributed by atoms with Gasteiger partial charge in [-0.3, -0.25) is 4.68 Å². The summed E-state index contributed by atoms with van der Waals surface area (Å²) >= 11 is 0. The maximum Gasteiger partial charge on any atom is 0.218 e. The van der Waals surface area contributed by atoms with Gasteiger partial charge in [0.25, 0.3) is 0 Å². The van der Waals surface area contributed by atoms with Gasteiger partial charge in [0.05, 0.1) is 11.3 Å². The molecule has 0 saturated carbocycles. The predicted octanol–water partition coefficient (Wildman–Crippen LogP) is 2.04. The van der Waals surface area contributed by atoms with Crippen LogP contribution in [0.25, 0.3) is 11.0 Å². The molecule has 0 fully saturated rings. The van der Waals surface area contributed by atoms with Crippen LogP contribution in [0.15, 0.2) is 0 Å². The van der Waals surface area contributed by atoms with Crippen LogP contribution < -0.4 is 0 Å². The monoisotopic (exact) mass is 221 g/mol. The Morgan fingerprint density at radius 2 is 1.81 bits per heavy atom. The lowest BCUT2D eigenvalue weighted by Gasteiger charge is -2.09. The number of aromatic hydroxyl groups is 2. The highest BCUT2D eigenvalue weighted by Crippen LogP contribution is 2.34. The van der Waals surface area contributed by atoms with E-state index in [9.17, 15) is 10.2 Å². The molecule has 0 atom stereocenters. The second-order valence-electron chi connectivity index (χ2n) is 4.23. The van der Waals surface area contributed by atoms with E-state index in [0.717, 1.165) is 0 Å². The van der Waals surface area contributed by atoms with E-state index in [0.29, 0.717) is 22.3 Å². The van der Waals surface area contributed by atoms with Gasteiger partial charge in [0.2, 0.25) is 5.88 Å². The number of nitrogens with zero attached hydrogens (tertiary/aromatic N) is 3. The molecule has 0 aliphatic heterocycles. The van der Waals surface area contributed by atoms with Crippen molar-refractivity contribution < 1.29 is 10.2 Å². The Kier molecular flexibility index (Phi) is 2.26. The van der Waals surface area contributed by atoms with Crippen molar-refractivity contribution >= 4 is 11.0 Å². The summed E-state index contributed by atoms with van der Waals surface area (Å²) in [6.07, 6.45) is 0. The maximum atomic E-state index is 10.0. The van der Waals surface area contributed by atoms with Gasteiger partial charge in [-0.15, -0.1) is 0 Å². The van der Waals surface area contributed by atoms with Crippen molar-refractivity contribution in [1.82, 2.24) is 14.8 Å². The summed E-state index contributed by atoms with van der Waals surface area (Å²) in [7, 11) is 0. The zero-order chi connectivity index (χ0) is 12.0. The second-order valence-corrected chi connectivity index (χ2v) is 4.23. The second kappa shape index (κ2) is 3.37. The minimum Gasteiger partial charge on any atom is -0.505 e. The van der Waals surface area contributed by atoms with Gasteiger partial charge in [-0.1, -0.05) is 0 Å². The van der Waals surface area contributed by atoms with E-state index in [1.807, 2.05) is 20.8 Å². The number of hydrogen-bond donors (Lipinski definition) is 2. The van der Waals surface area contributed by atoms with Gasteiger partial charge in [0, 0.05) is 6.04 Å². The molecule has 0 saturated heterocycles. The molecule has 0 unspecified atom stereocenters. The van der Waals surface area contributed by atoms with E-state index in [4.69, 9.17) is 0 Å². The molecule has 2 aromatic heterocycles. The highest BCUT2D eigenvalue weighted by molar-refractivity contribution is 5.85. The topological polar surface area (TPSA) is 71.2 Å². The fraction of sp³-hybridized carbons (Fsp3) is 0.455. The summed E-state index contributed by atoms with van der Waals surface area (Å²) in [4.78, 5) is 4.05. The van der Waals surface area contributed by atoms with Gasteiger partial charge < -0.3 is 10.2 Å². The predicted molar refractivity (Wildman–Crippen MR) is 60.7 cm³/mol. The van der Waals surface area contributed by atoms with E-state index in [2.05, 4.69) is 10.1 Å². The molecule has 2 N–H and O–H groups in total. The Morgan fingerprint density at radius 1 is 1.19 bits per heavy atom. The molecule has 0 amide bonds. The van der Waals surface area contributed by atoms with E-state index in [1.54, 1.807) is 11.6 Å². The van der Waals surface area contributed by atoms with Gasteiger partial charge in [-0.2, -0.15) is 5.10 Å². The van der Waals surface area contributed by atoms with Crippen LogP contribution in [-0.2, 0) is 0 Å². The van der Waals surface area contributed by atoms with Crippen molar-refractivity contribution in [2.24, 2.45) is 0 Å². The maximum absolute atomic E-state index is 10.0. The zero-order valence-electron chi connectivity index (χ0n) is 9.81. The first-order valence-corrected chi connectivity index (χ1v) is 5.20. The van der Waals surface area contributed by atoms with Crippen LogP contribution in [0.2, 0.25) is 0 Å². The number of rotatable bonds is 1. The van der Waals surface area contributed by atoms with Gasteiger partial charge >= 0.3 is 0 Å². The summed E-state index contributed by atoms with van der Waals surface area (Å²) in [6, 6.07) is 0.132. The first-order valence-electron chi connectivity index (χ1n) is 5.20. The molecule has 0 aromatic carbocycles. The van der Waals surface area contributed by atoms with Crippen LogP contribution >= 0.6 is 0 Å².